The molecule has 0 saturated heterocycles. The Kier molecular flexibility index (Phi) is 4.53. The Hall–Kier alpha value is -1.16. The van der Waals surface area contributed by atoms with Gasteiger partial charge in [0.05, 0.1) is 12.3 Å². The number of hydrogen-bond acceptors (Lipinski definition) is 3. The van der Waals surface area contributed by atoms with Crippen LogP contribution in [0.4, 0.5) is 0 Å². The third-order valence-corrected chi connectivity index (χ3v) is 2.87. The number of hydrogen-bond donors (Lipinski definition) is 0. The number of rotatable bonds is 4. The van der Waals surface area contributed by atoms with Crippen LogP contribution >= 0.6 is 23.2 Å². The van der Waals surface area contributed by atoms with Crippen LogP contribution in [-0.2, 0) is 11.2 Å². The summed E-state index contributed by atoms with van der Waals surface area (Å²) in [7, 11) is 1.69. The number of methoxy groups -OCH3 is 1. The molecule has 0 spiro atoms. The van der Waals surface area contributed by atoms with Gasteiger partial charge in [-0.05, 0) is 23.6 Å². The summed E-state index contributed by atoms with van der Waals surface area (Å²) >= 11 is 11.6. The van der Waals surface area contributed by atoms with Crippen molar-refractivity contribution in [1.82, 2.24) is 9.97 Å². The molecule has 0 saturated carbocycles. The van der Waals surface area contributed by atoms with Crippen LogP contribution in [0.3, 0.4) is 0 Å². The molecule has 0 aliphatic rings. The van der Waals surface area contributed by atoms with Crippen LogP contribution in [0.25, 0.3) is 11.3 Å². The van der Waals surface area contributed by atoms with E-state index in [2.05, 4.69) is 9.97 Å². The highest BCUT2D eigenvalue weighted by atomic mass is 35.5. The molecule has 0 aliphatic carbocycles. The fourth-order valence-corrected chi connectivity index (χ4v) is 2.01. The van der Waals surface area contributed by atoms with Crippen LogP contribution in [-0.4, -0.2) is 23.7 Å². The SMILES string of the molecule is COCCc1ccc(-c2cc(Cl)nc(Cl)n2)cc1. The van der Waals surface area contributed by atoms with E-state index in [9.17, 15) is 0 Å². The lowest BCUT2D eigenvalue weighted by Gasteiger charge is -2.04. The first-order valence-electron chi connectivity index (χ1n) is 5.47. The predicted octanol–water partition coefficient (Wildman–Crippen LogP) is 3.64. The molecule has 0 radical (unpaired) electrons. The molecule has 2 rings (SSSR count). The summed E-state index contributed by atoms with van der Waals surface area (Å²) < 4.78 is 5.04. The van der Waals surface area contributed by atoms with Crippen molar-refractivity contribution in [3.05, 3.63) is 46.3 Å². The average Bonchev–Trinajstić information content (AvgIpc) is 2.36. The highest BCUT2D eigenvalue weighted by Crippen LogP contribution is 2.22. The molecule has 3 nitrogen and oxygen atoms in total. The van der Waals surface area contributed by atoms with E-state index >= 15 is 0 Å². The van der Waals surface area contributed by atoms with Gasteiger partial charge < -0.3 is 4.74 Å². The largest absolute Gasteiger partial charge is 0.384 e. The topological polar surface area (TPSA) is 35.0 Å². The Labute approximate surface area is 116 Å². The van der Waals surface area contributed by atoms with Gasteiger partial charge in [0.2, 0.25) is 5.28 Å². The zero-order valence-corrected chi connectivity index (χ0v) is 11.4. The molecule has 2 aromatic rings. The molecular formula is C13H12Cl2N2O. The van der Waals surface area contributed by atoms with Gasteiger partial charge >= 0.3 is 0 Å². The molecule has 0 aliphatic heterocycles. The number of ether oxygens (including phenoxy) is 1. The Balaban J connectivity index is 2.23. The minimum atomic E-state index is 0.154. The standard InChI is InChI=1S/C13H12Cl2N2O/c1-18-7-6-9-2-4-10(5-3-9)11-8-12(14)17-13(15)16-11/h2-5,8H,6-7H2,1H3. The third kappa shape index (κ3) is 3.42. The summed E-state index contributed by atoms with van der Waals surface area (Å²) in [6.45, 7) is 0.713. The highest BCUT2D eigenvalue weighted by Gasteiger charge is 2.04. The Morgan fingerprint density at radius 2 is 1.83 bits per heavy atom. The van der Waals surface area contributed by atoms with Gasteiger partial charge in [0.25, 0.3) is 0 Å². The number of nitrogens with zero attached hydrogens (tertiary/aromatic N) is 2. The van der Waals surface area contributed by atoms with Gasteiger partial charge in [-0.1, -0.05) is 35.9 Å². The fourth-order valence-electron chi connectivity index (χ4n) is 1.60. The van der Waals surface area contributed by atoms with Crippen LogP contribution in [0.2, 0.25) is 10.4 Å². The lowest BCUT2D eigenvalue weighted by molar-refractivity contribution is 0.202. The summed E-state index contributed by atoms with van der Waals surface area (Å²) in [6.07, 6.45) is 0.891. The smallest absolute Gasteiger partial charge is 0.224 e. The van der Waals surface area contributed by atoms with Gasteiger partial charge in [-0.3, -0.25) is 0 Å². The quantitative estimate of drug-likeness (QED) is 0.634. The first kappa shape index (κ1) is 13.3. The van der Waals surface area contributed by atoms with Crippen LogP contribution in [0, 0.1) is 0 Å². The van der Waals surface area contributed by atoms with Crippen molar-refractivity contribution in [3.8, 4) is 11.3 Å². The van der Waals surface area contributed by atoms with Crippen molar-refractivity contribution in [2.24, 2.45) is 0 Å². The molecule has 1 aromatic carbocycles. The van der Waals surface area contributed by atoms with Crippen LogP contribution in [0.5, 0.6) is 0 Å². The Morgan fingerprint density at radius 3 is 2.44 bits per heavy atom. The zero-order chi connectivity index (χ0) is 13.0. The van der Waals surface area contributed by atoms with Crippen molar-refractivity contribution in [2.45, 2.75) is 6.42 Å². The van der Waals surface area contributed by atoms with E-state index in [4.69, 9.17) is 27.9 Å². The monoisotopic (exact) mass is 282 g/mol. The van der Waals surface area contributed by atoms with E-state index in [1.807, 2.05) is 24.3 Å². The molecule has 0 bridgehead atoms. The number of benzene rings is 1. The molecule has 5 heteroatoms. The maximum Gasteiger partial charge on any atom is 0.224 e. The normalized spacial score (nSPS) is 10.6. The molecule has 1 heterocycles. The zero-order valence-electron chi connectivity index (χ0n) is 9.86. The third-order valence-electron chi connectivity index (χ3n) is 2.51. The Bertz CT molecular complexity index is 509. The summed E-state index contributed by atoms with van der Waals surface area (Å²) in [6, 6.07) is 9.74. The minimum Gasteiger partial charge on any atom is -0.384 e. The molecule has 94 valence electrons. The first-order valence-corrected chi connectivity index (χ1v) is 6.23. The van der Waals surface area contributed by atoms with Crippen LogP contribution in [0.1, 0.15) is 5.56 Å². The van der Waals surface area contributed by atoms with Crippen LogP contribution in [0.15, 0.2) is 30.3 Å². The summed E-state index contributed by atoms with van der Waals surface area (Å²) in [4.78, 5) is 7.96. The van der Waals surface area contributed by atoms with Gasteiger partial charge in [-0.15, -0.1) is 0 Å². The molecule has 0 amide bonds. The molecule has 0 atom stereocenters. The van der Waals surface area contributed by atoms with Gasteiger partial charge in [0, 0.05) is 18.7 Å². The molecule has 0 N–H and O–H groups in total. The van der Waals surface area contributed by atoms with Crippen molar-refractivity contribution in [3.63, 3.8) is 0 Å². The maximum absolute atomic E-state index is 5.85. The molecule has 1 aromatic heterocycles. The number of aromatic nitrogens is 2. The van der Waals surface area contributed by atoms with E-state index < -0.39 is 0 Å². The second-order valence-electron chi connectivity index (χ2n) is 3.78. The minimum absolute atomic E-state index is 0.154. The number of halogens is 2. The van der Waals surface area contributed by atoms with E-state index in [1.54, 1.807) is 13.2 Å². The second kappa shape index (κ2) is 6.14. The van der Waals surface area contributed by atoms with E-state index in [1.165, 1.54) is 5.56 Å². The molecular weight excluding hydrogens is 271 g/mol. The van der Waals surface area contributed by atoms with E-state index in [-0.39, 0.29) is 5.28 Å². The van der Waals surface area contributed by atoms with Gasteiger partial charge in [-0.25, -0.2) is 9.97 Å². The summed E-state index contributed by atoms with van der Waals surface area (Å²) in [5.74, 6) is 0. The van der Waals surface area contributed by atoms with Crippen molar-refractivity contribution in [1.29, 1.82) is 0 Å². The van der Waals surface area contributed by atoms with Gasteiger partial charge in [0.15, 0.2) is 0 Å². The predicted molar refractivity (Wildman–Crippen MR) is 73.1 cm³/mol. The average molecular weight is 283 g/mol. The van der Waals surface area contributed by atoms with Gasteiger partial charge in [-0.2, -0.15) is 0 Å². The van der Waals surface area contributed by atoms with Crippen molar-refractivity contribution < 1.29 is 4.74 Å². The summed E-state index contributed by atoms with van der Waals surface area (Å²) in [5, 5.41) is 0.495. The maximum atomic E-state index is 5.85. The lowest BCUT2D eigenvalue weighted by atomic mass is 10.1. The van der Waals surface area contributed by atoms with Gasteiger partial charge in [0.1, 0.15) is 5.15 Å². The molecule has 0 unspecified atom stereocenters. The lowest BCUT2D eigenvalue weighted by Crippen LogP contribution is -1.94. The fraction of sp³-hybridized carbons (Fsp3) is 0.231. The van der Waals surface area contributed by atoms with Crippen LogP contribution < -0.4 is 0 Å². The summed E-state index contributed by atoms with van der Waals surface area (Å²) in [5.41, 5.74) is 2.90. The van der Waals surface area contributed by atoms with Crippen molar-refractivity contribution in [2.75, 3.05) is 13.7 Å². The van der Waals surface area contributed by atoms with Crippen molar-refractivity contribution >= 4 is 23.2 Å². The second-order valence-corrected chi connectivity index (χ2v) is 4.51. The molecule has 18 heavy (non-hydrogen) atoms. The Morgan fingerprint density at radius 1 is 1.11 bits per heavy atom. The van der Waals surface area contributed by atoms with E-state index in [0.717, 1.165) is 17.7 Å². The van der Waals surface area contributed by atoms with E-state index in [0.29, 0.717) is 11.8 Å². The molecule has 0 fully saturated rings. The first-order chi connectivity index (χ1) is 8.69. The highest BCUT2D eigenvalue weighted by molar-refractivity contribution is 6.32.